The summed E-state index contributed by atoms with van der Waals surface area (Å²) in [6.07, 6.45) is 0. The summed E-state index contributed by atoms with van der Waals surface area (Å²) in [7, 11) is 0. The van der Waals surface area contributed by atoms with Gasteiger partial charge in [0.2, 0.25) is 0 Å². The summed E-state index contributed by atoms with van der Waals surface area (Å²) in [5.41, 5.74) is -0.264. The quantitative estimate of drug-likeness (QED) is 0.823. The molecule has 0 saturated heterocycles. The second kappa shape index (κ2) is 5.66. The highest BCUT2D eigenvalue weighted by molar-refractivity contribution is 5.73. The largest absolute Gasteiger partial charge is 0.480 e. The Morgan fingerprint density at radius 3 is 2.50 bits per heavy atom. The van der Waals surface area contributed by atoms with Crippen LogP contribution in [0.3, 0.4) is 0 Å². The van der Waals surface area contributed by atoms with Crippen molar-refractivity contribution in [2.24, 2.45) is 0 Å². The number of H-pyrrole nitrogens is 1. The van der Waals surface area contributed by atoms with Crippen LogP contribution in [0, 0.1) is 0 Å². The van der Waals surface area contributed by atoms with Gasteiger partial charge in [0.1, 0.15) is 18.2 Å². The van der Waals surface area contributed by atoms with Gasteiger partial charge in [0.15, 0.2) is 0 Å². The molecule has 0 atom stereocenters. The van der Waals surface area contributed by atoms with E-state index in [2.05, 4.69) is 9.97 Å². The maximum absolute atomic E-state index is 11.6. The Labute approximate surface area is 106 Å². The third-order valence-electron chi connectivity index (χ3n) is 2.52. The lowest BCUT2D eigenvalue weighted by atomic mass is 10.2. The standard InChI is InChI=1S/C12H19N3O3/c1-7(2)12-13-9(5-10(16)14-12)15(8(3)4)6-11(17)18/h5,7-8H,6H2,1-4H3,(H,17,18)(H,13,14,16). The molecule has 6 nitrogen and oxygen atoms in total. The minimum Gasteiger partial charge on any atom is -0.480 e. The van der Waals surface area contributed by atoms with Crippen molar-refractivity contribution in [1.29, 1.82) is 0 Å². The van der Waals surface area contributed by atoms with Crippen LogP contribution in [0.4, 0.5) is 5.82 Å². The average Bonchev–Trinajstić information content (AvgIpc) is 2.24. The van der Waals surface area contributed by atoms with Crippen molar-refractivity contribution < 1.29 is 9.90 Å². The number of carboxylic acid groups (broad SMARTS) is 1. The summed E-state index contributed by atoms with van der Waals surface area (Å²) >= 11 is 0. The maximum atomic E-state index is 11.6. The third kappa shape index (κ3) is 3.58. The number of hydrogen-bond donors (Lipinski definition) is 2. The molecule has 0 fully saturated rings. The van der Waals surface area contributed by atoms with Crippen molar-refractivity contribution in [2.45, 2.75) is 39.7 Å². The van der Waals surface area contributed by atoms with Crippen LogP contribution in [0.5, 0.6) is 0 Å². The second-order valence-corrected chi connectivity index (χ2v) is 4.76. The van der Waals surface area contributed by atoms with Crippen LogP contribution in [-0.4, -0.2) is 33.6 Å². The molecule has 2 N–H and O–H groups in total. The lowest BCUT2D eigenvalue weighted by Gasteiger charge is -2.26. The molecule has 1 aromatic rings. The molecule has 0 aliphatic heterocycles. The van der Waals surface area contributed by atoms with E-state index in [4.69, 9.17) is 5.11 Å². The van der Waals surface area contributed by atoms with Crippen LogP contribution in [0.2, 0.25) is 0 Å². The van der Waals surface area contributed by atoms with Crippen LogP contribution in [0.25, 0.3) is 0 Å². The van der Waals surface area contributed by atoms with Gasteiger partial charge in [-0.15, -0.1) is 0 Å². The number of nitrogens with zero attached hydrogens (tertiary/aromatic N) is 2. The van der Waals surface area contributed by atoms with Crippen molar-refractivity contribution in [3.05, 3.63) is 22.2 Å². The van der Waals surface area contributed by atoms with Gasteiger partial charge >= 0.3 is 5.97 Å². The number of carbonyl (C=O) groups is 1. The minimum atomic E-state index is -0.947. The molecule has 18 heavy (non-hydrogen) atoms. The molecule has 6 heteroatoms. The first-order valence-electron chi connectivity index (χ1n) is 5.91. The molecule has 1 rings (SSSR count). The fraction of sp³-hybridized carbons (Fsp3) is 0.583. The van der Waals surface area contributed by atoms with Gasteiger partial charge in [-0.3, -0.25) is 9.59 Å². The van der Waals surface area contributed by atoms with Crippen molar-refractivity contribution in [3.8, 4) is 0 Å². The van der Waals surface area contributed by atoms with Gasteiger partial charge in [-0.05, 0) is 13.8 Å². The SMILES string of the molecule is CC(C)c1nc(N(CC(=O)O)C(C)C)cc(=O)[nH]1. The number of carboxylic acids is 1. The smallest absolute Gasteiger partial charge is 0.323 e. The first-order valence-corrected chi connectivity index (χ1v) is 5.91. The topological polar surface area (TPSA) is 86.3 Å². The summed E-state index contributed by atoms with van der Waals surface area (Å²) in [5.74, 6) is 0.0988. The molecule has 0 aliphatic rings. The first-order chi connectivity index (χ1) is 8.31. The third-order valence-corrected chi connectivity index (χ3v) is 2.52. The van der Waals surface area contributed by atoms with E-state index in [1.807, 2.05) is 27.7 Å². The molecular weight excluding hydrogens is 234 g/mol. The van der Waals surface area contributed by atoms with Gasteiger partial charge in [-0.2, -0.15) is 0 Å². The first kappa shape index (κ1) is 14.2. The van der Waals surface area contributed by atoms with E-state index in [-0.39, 0.29) is 24.1 Å². The fourth-order valence-electron chi connectivity index (χ4n) is 1.56. The van der Waals surface area contributed by atoms with Gasteiger partial charge in [-0.25, -0.2) is 4.98 Å². The molecule has 0 amide bonds. The van der Waals surface area contributed by atoms with Gasteiger partial charge in [0.05, 0.1) is 0 Å². The fourth-order valence-corrected chi connectivity index (χ4v) is 1.56. The second-order valence-electron chi connectivity index (χ2n) is 4.76. The summed E-state index contributed by atoms with van der Waals surface area (Å²) in [4.78, 5) is 30.9. The van der Waals surface area contributed by atoms with Gasteiger partial charge in [0, 0.05) is 18.0 Å². The number of anilines is 1. The van der Waals surface area contributed by atoms with E-state index >= 15 is 0 Å². The summed E-state index contributed by atoms with van der Waals surface area (Å²) in [6.45, 7) is 7.38. The summed E-state index contributed by atoms with van der Waals surface area (Å²) in [6, 6.07) is 1.28. The highest BCUT2D eigenvalue weighted by Crippen LogP contribution is 2.15. The molecule has 1 aromatic heterocycles. The predicted molar refractivity (Wildman–Crippen MR) is 69.1 cm³/mol. The monoisotopic (exact) mass is 253 g/mol. The van der Waals surface area contributed by atoms with Crippen LogP contribution in [0.1, 0.15) is 39.4 Å². The average molecular weight is 253 g/mol. The maximum Gasteiger partial charge on any atom is 0.323 e. The van der Waals surface area contributed by atoms with Crippen molar-refractivity contribution in [2.75, 3.05) is 11.4 Å². The van der Waals surface area contributed by atoms with Gasteiger partial charge in [-0.1, -0.05) is 13.8 Å². The van der Waals surface area contributed by atoms with E-state index in [1.54, 1.807) is 4.90 Å². The molecule has 0 aromatic carbocycles. The predicted octanol–water partition coefficient (Wildman–Crippen LogP) is 1.19. The van der Waals surface area contributed by atoms with Crippen LogP contribution >= 0.6 is 0 Å². The Balaban J connectivity index is 3.19. The Bertz CT molecular complexity index is 480. The van der Waals surface area contributed by atoms with Crippen LogP contribution in [0.15, 0.2) is 10.9 Å². The molecule has 0 radical (unpaired) electrons. The van der Waals surface area contributed by atoms with Crippen molar-refractivity contribution >= 4 is 11.8 Å². The normalized spacial score (nSPS) is 11.0. The summed E-state index contributed by atoms with van der Waals surface area (Å²) < 4.78 is 0. The number of aromatic amines is 1. The highest BCUT2D eigenvalue weighted by atomic mass is 16.4. The zero-order chi connectivity index (χ0) is 13.9. The van der Waals surface area contributed by atoms with Crippen molar-refractivity contribution in [3.63, 3.8) is 0 Å². The minimum absolute atomic E-state index is 0.0459. The molecule has 0 saturated carbocycles. The lowest BCUT2D eigenvalue weighted by molar-refractivity contribution is -0.135. The molecule has 0 unspecified atom stereocenters. The molecule has 1 heterocycles. The Morgan fingerprint density at radius 1 is 1.44 bits per heavy atom. The van der Waals surface area contributed by atoms with Crippen LogP contribution in [-0.2, 0) is 4.79 Å². The number of nitrogens with one attached hydrogen (secondary N) is 1. The van der Waals surface area contributed by atoms with E-state index in [9.17, 15) is 9.59 Å². The van der Waals surface area contributed by atoms with E-state index < -0.39 is 5.97 Å². The summed E-state index contributed by atoms with van der Waals surface area (Å²) in [5, 5.41) is 8.89. The molecule has 100 valence electrons. The van der Waals surface area contributed by atoms with Crippen LogP contribution < -0.4 is 10.5 Å². The molecule has 0 spiro atoms. The Hall–Kier alpha value is -1.85. The van der Waals surface area contributed by atoms with Crippen molar-refractivity contribution in [1.82, 2.24) is 9.97 Å². The van der Waals surface area contributed by atoms with Gasteiger partial charge < -0.3 is 15.0 Å². The highest BCUT2D eigenvalue weighted by Gasteiger charge is 2.17. The molecule has 0 bridgehead atoms. The number of aliphatic carboxylic acids is 1. The Morgan fingerprint density at radius 2 is 2.06 bits per heavy atom. The number of rotatable bonds is 5. The van der Waals surface area contributed by atoms with E-state index in [0.29, 0.717) is 11.6 Å². The zero-order valence-electron chi connectivity index (χ0n) is 11.1. The number of hydrogen-bond acceptors (Lipinski definition) is 4. The zero-order valence-corrected chi connectivity index (χ0v) is 11.1. The van der Waals surface area contributed by atoms with Gasteiger partial charge in [0.25, 0.3) is 5.56 Å². The lowest BCUT2D eigenvalue weighted by Crippen LogP contribution is -2.37. The Kier molecular flexibility index (Phi) is 4.47. The van der Waals surface area contributed by atoms with E-state index in [0.717, 1.165) is 0 Å². The molecule has 0 aliphatic carbocycles. The number of aromatic nitrogens is 2. The molecular formula is C12H19N3O3. The van der Waals surface area contributed by atoms with E-state index in [1.165, 1.54) is 6.07 Å².